The van der Waals surface area contributed by atoms with E-state index in [0.717, 1.165) is 18.9 Å². The molecule has 6 heteroatoms. The van der Waals surface area contributed by atoms with Crippen molar-refractivity contribution < 1.29 is 12.8 Å². The van der Waals surface area contributed by atoms with Crippen molar-refractivity contribution >= 4 is 10.0 Å². The topological polar surface area (TPSA) is 63.4 Å². The van der Waals surface area contributed by atoms with Crippen LogP contribution < -0.4 is 5.73 Å². The van der Waals surface area contributed by atoms with Crippen molar-refractivity contribution in [2.45, 2.75) is 37.2 Å². The molecule has 0 spiro atoms. The van der Waals surface area contributed by atoms with Gasteiger partial charge in [0.15, 0.2) is 0 Å². The van der Waals surface area contributed by atoms with Gasteiger partial charge in [-0.25, -0.2) is 12.8 Å². The molecule has 0 amide bonds. The first-order chi connectivity index (χ1) is 8.87. The van der Waals surface area contributed by atoms with Crippen LogP contribution in [0.3, 0.4) is 0 Å². The van der Waals surface area contributed by atoms with Crippen LogP contribution >= 0.6 is 0 Å². The fourth-order valence-corrected chi connectivity index (χ4v) is 3.66. The van der Waals surface area contributed by atoms with Crippen LogP contribution in [0.2, 0.25) is 0 Å². The molecule has 0 aliphatic heterocycles. The number of rotatable bonds is 5. The van der Waals surface area contributed by atoms with Gasteiger partial charge in [0, 0.05) is 19.6 Å². The van der Waals surface area contributed by atoms with Gasteiger partial charge in [0.1, 0.15) is 10.7 Å². The zero-order valence-corrected chi connectivity index (χ0v) is 12.0. The Bertz CT molecular complexity index is 570. The van der Waals surface area contributed by atoms with E-state index in [2.05, 4.69) is 0 Å². The molecule has 0 saturated heterocycles. The van der Waals surface area contributed by atoms with Gasteiger partial charge in [0.05, 0.1) is 0 Å². The minimum atomic E-state index is -3.80. The molecule has 2 rings (SSSR count). The van der Waals surface area contributed by atoms with E-state index in [1.54, 1.807) is 0 Å². The predicted octanol–water partition coefficient (Wildman–Crippen LogP) is 1.70. The summed E-state index contributed by atoms with van der Waals surface area (Å²) in [5, 5.41) is 0. The van der Waals surface area contributed by atoms with Gasteiger partial charge in [0.2, 0.25) is 10.0 Å². The Labute approximate surface area is 113 Å². The summed E-state index contributed by atoms with van der Waals surface area (Å²) < 4.78 is 39.9. The Balaban J connectivity index is 2.37. The van der Waals surface area contributed by atoms with Crippen LogP contribution in [0.4, 0.5) is 4.39 Å². The molecule has 0 aromatic heterocycles. The summed E-state index contributed by atoms with van der Waals surface area (Å²) in [6.45, 7) is 2.05. The standard InChI is InChI=1S/C13H19FN2O2S/c1-9(11-4-5-11)16(2)19(17,18)13-7-10(8-15)3-6-12(13)14/h3,6-7,9,11H,4-5,8,15H2,1-2H3. The van der Waals surface area contributed by atoms with Crippen LogP contribution in [0.1, 0.15) is 25.3 Å². The molecule has 0 radical (unpaired) electrons. The van der Waals surface area contributed by atoms with Gasteiger partial charge in [-0.2, -0.15) is 4.31 Å². The van der Waals surface area contributed by atoms with E-state index in [4.69, 9.17) is 5.73 Å². The van der Waals surface area contributed by atoms with Crippen molar-refractivity contribution in [3.8, 4) is 0 Å². The van der Waals surface area contributed by atoms with Crippen LogP contribution in [0.25, 0.3) is 0 Å². The molecule has 1 aromatic rings. The monoisotopic (exact) mass is 286 g/mol. The normalized spacial score (nSPS) is 17.7. The van der Waals surface area contributed by atoms with E-state index >= 15 is 0 Å². The molecule has 1 aliphatic carbocycles. The highest BCUT2D eigenvalue weighted by molar-refractivity contribution is 7.89. The summed E-state index contributed by atoms with van der Waals surface area (Å²) in [5.41, 5.74) is 6.08. The average molecular weight is 286 g/mol. The number of hydrogen-bond acceptors (Lipinski definition) is 3. The van der Waals surface area contributed by atoms with Crippen molar-refractivity contribution in [2.24, 2.45) is 11.7 Å². The second-order valence-electron chi connectivity index (χ2n) is 5.07. The lowest BCUT2D eigenvalue weighted by atomic mass is 10.2. The van der Waals surface area contributed by atoms with E-state index in [-0.39, 0.29) is 17.5 Å². The molecule has 4 nitrogen and oxygen atoms in total. The van der Waals surface area contributed by atoms with Gasteiger partial charge in [0.25, 0.3) is 0 Å². The molecule has 1 aromatic carbocycles. The average Bonchev–Trinajstić information content (AvgIpc) is 3.21. The molecule has 1 aliphatic rings. The van der Waals surface area contributed by atoms with Crippen molar-refractivity contribution in [1.29, 1.82) is 0 Å². The summed E-state index contributed by atoms with van der Waals surface area (Å²) >= 11 is 0. The van der Waals surface area contributed by atoms with Crippen molar-refractivity contribution in [3.05, 3.63) is 29.6 Å². The molecule has 1 atom stereocenters. The zero-order valence-electron chi connectivity index (χ0n) is 11.1. The molecule has 2 N–H and O–H groups in total. The number of sulfonamides is 1. The third kappa shape index (κ3) is 2.80. The summed E-state index contributed by atoms with van der Waals surface area (Å²) in [5.74, 6) is -0.340. The second-order valence-corrected chi connectivity index (χ2v) is 7.03. The number of halogens is 1. The zero-order chi connectivity index (χ0) is 14.2. The largest absolute Gasteiger partial charge is 0.326 e. The maximum atomic E-state index is 13.8. The third-order valence-corrected chi connectivity index (χ3v) is 5.73. The molecule has 0 heterocycles. The SMILES string of the molecule is CC(C1CC1)N(C)S(=O)(=O)c1cc(CN)ccc1F. The molecule has 1 saturated carbocycles. The fourth-order valence-electron chi connectivity index (χ4n) is 2.12. The summed E-state index contributed by atoms with van der Waals surface area (Å²) in [6.07, 6.45) is 2.07. The molecule has 1 fully saturated rings. The third-order valence-electron chi connectivity index (χ3n) is 3.77. The van der Waals surface area contributed by atoms with Crippen LogP contribution in [0.5, 0.6) is 0 Å². The first-order valence-corrected chi connectivity index (χ1v) is 7.78. The van der Waals surface area contributed by atoms with Crippen LogP contribution in [0, 0.1) is 11.7 Å². The lowest BCUT2D eigenvalue weighted by Crippen LogP contribution is -2.36. The van der Waals surface area contributed by atoms with Gasteiger partial charge in [-0.15, -0.1) is 0 Å². The first kappa shape index (κ1) is 14.4. The lowest BCUT2D eigenvalue weighted by Gasteiger charge is -2.24. The maximum absolute atomic E-state index is 13.8. The first-order valence-electron chi connectivity index (χ1n) is 6.34. The maximum Gasteiger partial charge on any atom is 0.245 e. The van der Waals surface area contributed by atoms with Gasteiger partial charge < -0.3 is 5.73 Å². The Hall–Kier alpha value is -0.980. The molecule has 19 heavy (non-hydrogen) atoms. The van der Waals surface area contributed by atoms with Gasteiger partial charge in [-0.3, -0.25) is 0 Å². The van der Waals surface area contributed by atoms with Gasteiger partial charge in [-0.05, 0) is 43.4 Å². The molecule has 106 valence electrons. The van der Waals surface area contributed by atoms with Gasteiger partial charge >= 0.3 is 0 Å². The Morgan fingerprint density at radius 3 is 2.63 bits per heavy atom. The summed E-state index contributed by atoms with van der Waals surface area (Å²) in [7, 11) is -2.30. The Morgan fingerprint density at radius 2 is 2.11 bits per heavy atom. The van der Waals surface area contributed by atoms with Crippen molar-refractivity contribution in [3.63, 3.8) is 0 Å². The Kier molecular flexibility index (Phi) is 3.94. The van der Waals surface area contributed by atoms with Crippen LogP contribution in [-0.2, 0) is 16.6 Å². The highest BCUT2D eigenvalue weighted by atomic mass is 32.2. The fraction of sp³-hybridized carbons (Fsp3) is 0.538. The number of benzene rings is 1. The van der Waals surface area contributed by atoms with E-state index < -0.39 is 15.8 Å². The lowest BCUT2D eigenvalue weighted by molar-refractivity contribution is 0.355. The van der Waals surface area contributed by atoms with E-state index in [9.17, 15) is 12.8 Å². The Morgan fingerprint density at radius 1 is 1.47 bits per heavy atom. The quantitative estimate of drug-likeness (QED) is 0.896. The van der Waals surface area contributed by atoms with Crippen LogP contribution in [-0.4, -0.2) is 25.8 Å². The highest BCUT2D eigenvalue weighted by Crippen LogP contribution is 2.36. The molecule has 0 bridgehead atoms. The predicted molar refractivity (Wildman–Crippen MR) is 71.4 cm³/mol. The number of nitrogens with two attached hydrogens (primary N) is 1. The van der Waals surface area contributed by atoms with E-state index in [0.29, 0.717) is 11.5 Å². The van der Waals surface area contributed by atoms with E-state index in [1.165, 1.54) is 23.5 Å². The summed E-state index contributed by atoms with van der Waals surface area (Å²) in [6, 6.07) is 3.87. The molecular weight excluding hydrogens is 267 g/mol. The van der Waals surface area contributed by atoms with E-state index in [1.807, 2.05) is 6.92 Å². The minimum absolute atomic E-state index is 0.106. The smallest absolute Gasteiger partial charge is 0.245 e. The summed E-state index contributed by atoms with van der Waals surface area (Å²) in [4.78, 5) is -0.287. The van der Waals surface area contributed by atoms with Crippen molar-refractivity contribution in [1.82, 2.24) is 4.31 Å². The number of nitrogens with zero attached hydrogens (tertiary/aromatic N) is 1. The molecule has 1 unspecified atom stereocenters. The molecular formula is C13H19FN2O2S. The second kappa shape index (κ2) is 5.19. The van der Waals surface area contributed by atoms with Crippen LogP contribution in [0.15, 0.2) is 23.1 Å². The van der Waals surface area contributed by atoms with Gasteiger partial charge in [-0.1, -0.05) is 6.07 Å². The minimum Gasteiger partial charge on any atom is -0.326 e. The highest BCUT2D eigenvalue weighted by Gasteiger charge is 2.37. The number of hydrogen-bond donors (Lipinski definition) is 1. The van der Waals surface area contributed by atoms with Crippen molar-refractivity contribution in [2.75, 3.05) is 7.05 Å².